The van der Waals surface area contributed by atoms with Gasteiger partial charge in [-0.15, -0.1) is 0 Å². The van der Waals surface area contributed by atoms with E-state index in [4.69, 9.17) is 22.1 Å². The van der Waals surface area contributed by atoms with Crippen molar-refractivity contribution in [3.05, 3.63) is 70.6 Å². The number of pyridine rings is 1. The van der Waals surface area contributed by atoms with Gasteiger partial charge in [0.25, 0.3) is 0 Å². The SMILES string of the molecule is CCC/C=C(/C(=O)O)c1ccc(-c2c(F)ccc(NSc3cc(Cl)cnc3OC)c2F)c(F)c1N. The number of carbonyl (C=O) groups is 1. The summed E-state index contributed by atoms with van der Waals surface area (Å²) in [6.45, 7) is 1.85. The largest absolute Gasteiger partial charge is 0.480 e. The van der Waals surface area contributed by atoms with E-state index >= 15 is 8.78 Å². The highest BCUT2D eigenvalue weighted by Crippen LogP contribution is 2.38. The monoisotopic (exact) mass is 523 g/mol. The minimum atomic E-state index is -1.29. The summed E-state index contributed by atoms with van der Waals surface area (Å²) < 4.78 is 53.1. The average molecular weight is 524 g/mol. The number of aliphatic carboxylic acids is 1. The topological polar surface area (TPSA) is 97.5 Å². The van der Waals surface area contributed by atoms with E-state index in [1.165, 1.54) is 25.4 Å². The van der Waals surface area contributed by atoms with Crippen LogP contribution in [0.1, 0.15) is 25.3 Å². The van der Waals surface area contributed by atoms with Crippen LogP contribution in [0.15, 0.2) is 47.5 Å². The number of hydrogen-bond donors (Lipinski definition) is 3. The van der Waals surface area contributed by atoms with E-state index in [1.807, 2.05) is 6.92 Å². The second-order valence-electron chi connectivity index (χ2n) is 7.25. The number of nitrogens with two attached hydrogens (primary N) is 1. The maximum Gasteiger partial charge on any atom is 0.336 e. The van der Waals surface area contributed by atoms with Crippen LogP contribution >= 0.6 is 23.5 Å². The zero-order valence-electron chi connectivity index (χ0n) is 18.7. The van der Waals surface area contributed by atoms with Crippen LogP contribution in [0.4, 0.5) is 24.5 Å². The maximum atomic E-state index is 15.3. The molecule has 184 valence electrons. The van der Waals surface area contributed by atoms with Crippen LogP contribution in [0.25, 0.3) is 16.7 Å². The Labute approximate surface area is 209 Å². The lowest BCUT2D eigenvalue weighted by Crippen LogP contribution is -2.07. The van der Waals surface area contributed by atoms with Gasteiger partial charge in [-0.05, 0) is 36.6 Å². The quantitative estimate of drug-likeness (QED) is 0.161. The fourth-order valence-electron chi connectivity index (χ4n) is 3.24. The van der Waals surface area contributed by atoms with E-state index in [1.54, 1.807) is 6.07 Å². The molecule has 0 aliphatic carbocycles. The lowest BCUT2D eigenvalue weighted by molar-refractivity contribution is -0.130. The molecule has 3 rings (SSSR count). The predicted molar refractivity (Wildman–Crippen MR) is 132 cm³/mol. The Kier molecular flexibility index (Phi) is 8.52. The molecule has 6 nitrogen and oxygen atoms in total. The van der Waals surface area contributed by atoms with Crippen LogP contribution in [-0.2, 0) is 4.79 Å². The van der Waals surface area contributed by atoms with Crippen molar-refractivity contribution < 1.29 is 27.8 Å². The molecule has 0 aliphatic heterocycles. The first-order valence-corrected chi connectivity index (χ1v) is 11.5. The van der Waals surface area contributed by atoms with E-state index in [2.05, 4.69) is 9.71 Å². The summed E-state index contributed by atoms with van der Waals surface area (Å²) in [6.07, 6.45) is 3.91. The number of unbranched alkanes of at least 4 members (excludes halogenated alkanes) is 1. The first kappa shape index (κ1) is 26.2. The second kappa shape index (κ2) is 11.4. The number of hydrogen-bond acceptors (Lipinski definition) is 6. The molecular formula is C24H21ClF3N3O3S. The lowest BCUT2D eigenvalue weighted by Gasteiger charge is -2.15. The minimum Gasteiger partial charge on any atom is -0.480 e. The molecule has 2 aromatic carbocycles. The average Bonchev–Trinajstić information content (AvgIpc) is 2.82. The second-order valence-corrected chi connectivity index (χ2v) is 8.53. The van der Waals surface area contributed by atoms with Crippen molar-refractivity contribution >= 4 is 46.5 Å². The zero-order valence-corrected chi connectivity index (χ0v) is 20.2. The molecule has 0 aliphatic rings. The van der Waals surface area contributed by atoms with Crippen LogP contribution in [0.3, 0.4) is 0 Å². The van der Waals surface area contributed by atoms with Crippen LogP contribution in [0.2, 0.25) is 5.02 Å². The van der Waals surface area contributed by atoms with E-state index in [-0.39, 0.29) is 22.7 Å². The Bertz CT molecular complexity index is 1300. The third-order valence-corrected chi connectivity index (χ3v) is 5.99. The first-order valence-electron chi connectivity index (χ1n) is 10.3. The number of anilines is 2. The number of halogens is 4. The highest BCUT2D eigenvalue weighted by Gasteiger charge is 2.24. The Morgan fingerprint density at radius 1 is 1.26 bits per heavy atom. The van der Waals surface area contributed by atoms with Gasteiger partial charge in [0.15, 0.2) is 11.6 Å². The van der Waals surface area contributed by atoms with Gasteiger partial charge in [-0.2, -0.15) is 0 Å². The molecule has 0 atom stereocenters. The number of rotatable bonds is 9. The summed E-state index contributed by atoms with van der Waals surface area (Å²) in [7, 11) is 1.40. The van der Waals surface area contributed by atoms with E-state index in [9.17, 15) is 14.3 Å². The van der Waals surface area contributed by atoms with Crippen molar-refractivity contribution in [3.8, 4) is 17.0 Å². The van der Waals surface area contributed by atoms with Crippen molar-refractivity contribution in [2.45, 2.75) is 24.7 Å². The highest BCUT2D eigenvalue weighted by atomic mass is 35.5. The number of nitrogen functional groups attached to an aromatic ring is 1. The van der Waals surface area contributed by atoms with Crippen LogP contribution in [0, 0.1) is 17.5 Å². The van der Waals surface area contributed by atoms with Gasteiger partial charge in [0.2, 0.25) is 5.88 Å². The molecule has 0 bridgehead atoms. The van der Waals surface area contributed by atoms with Crippen molar-refractivity contribution in [2.24, 2.45) is 0 Å². The fourth-order valence-corrected chi connectivity index (χ4v) is 4.25. The Morgan fingerprint density at radius 3 is 2.66 bits per heavy atom. The molecule has 4 N–H and O–H groups in total. The van der Waals surface area contributed by atoms with Gasteiger partial charge in [0.05, 0.1) is 39.5 Å². The molecule has 0 fully saturated rings. The van der Waals surface area contributed by atoms with Gasteiger partial charge in [-0.1, -0.05) is 43.2 Å². The number of carboxylic acid groups (broad SMARTS) is 1. The molecular weight excluding hydrogens is 503 g/mol. The van der Waals surface area contributed by atoms with E-state index in [0.29, 0.717) is 22.8 Å². The third-order valence-electron chi connectivity index (χ3n) is 4.95. The molecule has 11 heteroatoms. The molecule has 0 saturated carbocycles. The third kappa shape index (κ3) is 5.66. The molecule has 0 unspecified atom stereocenters. The number of benzene rings is 2. The Balaban J connectivity index is 2.02. The molecule has 35 heavy (non-hydrogen) atoms. The Morgan fingerprint density at radius 2 is 2.00 bits per heavy atom. The van der Waals surface area contributed by atoms with Crippen molar-refractivity contribution in [3.63, 3.8) is 0 Å². The van der Waals surface area contributed by atoms with Crippen molar-refractivity contribution in [1.29, 1.82) is 0 Å². The lowest BCUT2D eigenvalue weighted by atomic mass is 9.96. The van der Waals surface area contributed by atoms with Crippen LogP contribution in [-0.4, -0.2) is 23.2 Å². The fraction of sp³-hybridized carbons (Fsp3) is 0.167. The number of allylic oxidation sites excluding steroid dienone is 1. The molecule has 0 radical (unpaired) electrons. The van der Waals surface area contributed by atoms with Crippen molar-refractivity contribution in [2.75, 3.05) is 17.6 Å². The normalized spacial score (nSPS) is 11.4. The van der Waals surface area contributed by atoms with Gasteiger partial charge in [0.1, 0.15) is 5.82 Å². The zero-order chi connectivity index (χ0) is 25.7. The van der Waals surface area contributed by atoms with Crippen LogP contribution < -0.4 is 15.2 Å². The predicted octanol–water partition coefficient (Wildman–Crippen LogP) is 6.80. The number of methoxy groups -OCH3 is 1. The van der Waals surface area contributed by atoms with Gasteiger partial charge >= 0.3 is 5.97 Å². The summed E-state index contributed by atoms with van der Waals surface area (Å²) in [5.74, 6) is -4.28. The maximum absolute atomic E-state index is 15.3. The standard InChI is InChI=1S/C24H21ClF3N3O3S/c1-3-4-5-14(24(32)33)13-6-7-15(20(27)22(13)29)19-16(26)8-9-17(21(19)28)31-35-18-10-12(25)11-30-23(18)34-2/h5-11,31H,3-4,29H2,1-2H3,(H,32,33)/b14-5+. The van der Waals surface area contributed by atoms with E-state index in [0.717, 1.165) is 30.1 Å². The minimum absolute atomic E-state index is 0.0709. The van der Waals surface area contributed by atoms with Gasteiger partial charge in [-0.3, -0.25) is 0 Å². The number of ether oxygens (including phenoxy) is 1. The summed E-state index contributed by atoms with van der Waals surface area (Å²) in [4.78, 5) is 16.1. The van der Waals surface area contributed by atoms with Crippen molar-refractivity contribution in [1.82, 2.24) is 4.98 Å². The summed E-state index contributed by atoms with van der Waals surface area (Å²) in [6, 6.07) is 6.00. The van der Waals surface area contributed by atoms with E-state index < -0.39 is 40.2 Å². The molecule has 0 spiro atoms. The summed E-state index contributed by atoms with van der Waals surface area (Å²) in [5.41, 5.74) is 3.84. The van der Waals surface area contributed by atoms with Crippen LogP contribution in [0.5, 0.6) is 5.88 Å². The van der Waals surface area contributed by atoms with Gasteiger partial charge in [0, 0.05) is 17.3 Å². The number of aromatic nitrogens is 1. The summed E-state index contributed by atoms with van der Waals surface area (Å²) in [5, 5.41) is 9.81. The molecule has 0 saturated heterocycles. The number of carboxylic acids is 1. The molecule has 1 aromatic heterocycles. The molecule has 1 heterocycles. The highest BCUT2D eigenvalue weighted by molar-refractivity contribution is 8.00. The first-order chi connectivity index (χ1) is 16.7. The number of nitrogens with zero attached hydrogens (tertiary/aromatic N) is 1. The molecule has 0 amide bonds. The summed E-state index contributed by atoms with van der Waals surface area (Å²) >= 11 is 6.86. The Hall–Kier alpha value is -3.37. The molecule has 3 aromatic rings. The smallest absolute Gasteiger partial charge is 0.336 e. The van der Waals surface area contributed by atoms with Gasteiger partial charge < -0.3 is 20.3 Å². The number of nitrogens with one attached hydrogen (secondary N) is 1. The van der Waals surface area contributed by atoms with Gasteiger partial charge in [-0.25, -0.2) is 22.9 Å².